The van der Waals surface area contributed by atoms with Crippen molar-refractivity contribution in [2.24, 2.45) is 4.99 Å². The van der Waals surface area contributed by atoms with Gasteiger partial charge in [0.15, 0.2) is 5.78 Å². The molecular weight excluding hydrogens is 384 g/mol. The third-order valence-corrected chi connectivity index (χ3v) is 5.18. The Morgan fingerprint density at radius 3 is 2.39 bits per heavy atom. The van der Waals surface area contributed by atoms with E-state index in [1.54, 1.807) is 11.0 Å². The number of hydrogen-bond acceptors (Lipinski definition) is 5. The molecule has 0 unspecified atom stereocenters. The monoisotopic (exact) mass is 418 g/mol. The molecule has 1 aliphatic heterocycles. The number of benzene rings is 1. The summed E-state index contributed by atoms with van der Waals surface area (Å²) < 4.78 is 0. The summed E-state index contributed by atoms with van der Waals surface area (Å²) in [6, 6.07) is 8.64. The van der Waals surface area contributed by atoms with Crippen LogP contribution in [0.3, 0.4) is 0 Å². The van der Waals surface area contributed by atoms with E-state index >= 15 is 0 Å². The SMILES string of the molecule is C=C(CC)Cc1ccc(CCNC(=C)C2=NC(=C)N(/C=C(\C)NC)C(C(C)=O)=C2)cc1. The van der Waals surface area contributed by atoms with Gasteiger partial charge in [0.25, 0.3) is 0 Å². The number of allylic oxidation sites excluding steroid dienone is 4. The molecule has 0 aromatic heterocycles. The van der Waals surface area contributed by atoms with Gasteiger partial charge in [-0.25, -0.2) is 4.99 Å². The van der Waals surface area contributed by atoms with E-state index < -0.39 is 0 Å². The Morgan fingerprint density at radius 2 is 1.81 bits per heavy atom. The largest absolute Gasteiger partial charge is 0.390 e. The molecule has 0 saturated heterocycles. The number of carbonyl (C=O) groups is 1. The van der Waals surface area contributed by atoms with Gasteiger partial charge >= 0.3 is 0 Å². The molecule has 5 nitrogen and oxygen atoms in total. The number of nitrogens with one attached hydrogen (secondary N) is 2. The highest BCUT2D eigenvalue weighted by molar-refractivity contribution is 6.13. The highest BCUT2D eigenvalue weighted by Gasteiger charge is 2.22. The first-order valence-corrected chi connectivity index (χ1v) is 10.6. The molecule has 0 radical (unpaired) electrons. The first-order valence-electron chi connectivity index (χ1n) is 10.6. The molecule has 164 valence electrons. The van der Waals surface area contributed by atoms with Crippen LogP contribution in [-0.4, -0.2) is 30.0 Å². The van der Waals surface area contributed by atoms with Crippen molar-refractivity contribution in [1.82, 2.24) is 15.5 Å². The van der Waals surface area contributed by atoms with Gasteiger partial charge < -0.3 is 10.6 Å². The Morgan fingerprint density at radius 1 is 1.16 bits per heavy atom. The number of rotatable bonds is 11. The lowest BCUT2D eigenvalue weighted by Gasteiger charge is -2.27. The summed E-state index contributed by atoms with van der Waals surface area (Å²) in [5, 5.41) is 6.36. The van der Waals surface area contributed by atoms with Crippen LogP contribution in [0.4, 0.5) is 0 Å². The molecule has 1 aromatic rings. The predicted octanol–water partition coefficient (Wildman–Crippen LogP) is 4.62. The first kappa shape index (κ1) is 23.9. The Labute approximate surface area is 186 Å². The van der Waals surface area contributed by atoms with Gasteiger partial charge in [-0.15, -0.1) is 0 Å². The maximum Gasteiger partial charge on any atom is 0.176 e. The van der Waals surface area contributed by atoms with Crippen molar-refractivity contribution >= 4 is 11.5 Å². The minimum Gasteiger partial charge on any atom is -0.390 e. The number of Topliss-reactive ketones (excluding diaryl/α,β-unsaturated/α-hetero) is 1. The lowest BCUT2D eigenvalue weighted by atomic mass is 10.0. The Bertz CT molecular complexity index is 948. The highest BCUT2D eigenvalue weighted by atomic mass is 16.1. The van der Waals surface area contributed by atoms with Crippen LogP contribution in [0.15, 0.2) is 89.8 Å². The van der Waals surface area contributed by atoms with E-state index in [0.717, 1.165) is 31.5 Å². The molecule has 0 saturated carbocycles. The second kappa shape index (κ2) is 11.2. The van der Waals surface area contributed by atoms with Crippen molar-refractivity contribution in [1.29, 1.82) is 0 Å². The quantitative estimate of drug-likeness (QED) is 0.515. The summed E-state index contributed by atoms with van der Waals surface area (Å²) in [4.78, 5) is 18.4. The molecule has 1 aliphatic rings. The Balaban J connectivity index is 1.99. The molecular formula is C26H34N4O. The van der Waals surface area contributed by atoms with E-state index in [-0.39, 0.29) is 5.78 Å². The van der Waals surface area contributed by atoms with Crippen molar-refractivity contribution in [3.05, 3.63) is 95.9 Å². The second-order valence-electron chi connectivity index (χ2n) is 7.68. The summed E-state index contributed by atoms with van der Waals surface area (Å²) >= 11 is 0. The lowest BCUT2D eigenvalue weighted by molar-refractivity contribution is -0.114. The second-order valence-corrected chi connectivity index (χ2v) is 7.68. The van der Waals surface area contributed by atoms with Crippen LogP contribution < -0.4 is 10.6 Å². The Hall–Kier alpha value is -3.34. The molecule has 31 heavy (non-hydrogen) atoms. The number of nitrogens with zero attached hydrogens (tertiary/aromatic N) is 2. The number of aliphatic imine (C=N–C) groups is 1. The van der Waals surface area contributed by atoms with E-state index in [2.05, 4.69) is 66.6 Å². The van der Waals surface area contributed by atoms with Gasteiger partial charge in [0.05, 0.1) is 17.1 Å². The maximum atomic E-state index is 12.2. The zero-order chi connectivity index (χ0) is 23.0. The zero-order valence-corrected chi connectivity index (χ0v) is 19.2. The number of ketones is 1. The molecule has 0 fully saturated rings. The van der Waals surface area contributed by atoms with E-state index in [0.29, 0.717) is 22.9 Å². The van der Waals surface area contributed by atoms with Crippen molar-refractivity contribution in [3.63, 3.8) is 0 Å². The van der Waals surface area contributed by atoms with Gasteiger partial charge in [-0.2, -0.15) is 0 Å². The van der Waals surface area contributed by atoms with E-state index in [1.165, 1.54) is 23.6 Å². The van der Waals surface area contributed by atoms with Crippen molar-refractivity contribution in [2.45, 2.75) is 40.0 Å². The van der Waals surface area contributed by atoms with Crippen molar-refractivity contribution < 1.29 is 4.79 Å². The van der Waals surface area contributed by atoms with Crippen LogP contribution in [0.25, 0.3) is 0 Å². The molecule has 0 aliphatic carbocycles. The van der Waals surface area contributed by atoms with Crippen molar-refractivity contribution in [2.75, 3.05) is 13.6 Å². The number of hydrogen-bond donors (Lipinski definition) is 2. The molecule has 0 spiro atoms. The fraction of sp³-hybridized carbons (Fsp3) is 0.308. The van der Waals surface area contributed by atoms with Gasteiger partial charge in [0.2, 0.25) is 0 Å². The molecule has 2 N–H and O–H groups in total. The van der Waals surface area contributed by atoms with Crippen LogP contribution in [0, 0.1) is 0 Å². The molecule has 2 rings (SSSR count). The van der Waals surface area contributed by atoms with Crippen LogP contribution in [0.2, 0.25) is 0 Å². The van der Waals surface area contributed by atoms with E-state index in [9.17, 15) is 4.79 Å². The Kier molecular flexibility index (Phi) is 8.62. The first-order chi connectivity index (χ1) is 14.7. The predicted molar refractivity (Wildman–Crippen MR) is 130 cm³/mol. The minimum absolute atomic E-state index is 0.0626. The van der Waals surface area contributed by atoms with Gasteiger partial charge in [-0.1, -0.05) is 56.5 Å². The molecule has 5 heteroatoms. The molecule has 1 heterocycles. The molecule has 0 bridgehead atoms. The van der Waals surface area contributed by atoms with Gasteiger partial charge in [0, 0.05) is 32.4 Å². The van der Waals surface area contributed by atoms with Crippen LogP contribution in [0.5, 0.6) is 0 Å². The normalized spacial score (nSPS) is 14.0. The molecule has 0 atom stereocenters. The molecule has 1 aromatic carbocycles. The third-order valence-electron chi connectivity index (χ3n) is 5.18. The van der Waals surface area contributed by atoms with Gasteiger partial charge in [0.1, 0.15) is 5.82 Å². The summed E-state index contributed by atoms with van der Waals surface area (Å²) in [6.07, 6.45) is 6.36. The topological polar surface area (TPSA) is 56.7 Å². The van der Waals surface area contributed by atoms with E-state index in [1.807, 2.05) is 20.2 Å². The average Bonchev–Trinajstić information content (AvgIpc) is 2.75. The average molecular weight is 419 g/mol. The molecule has 0 amide bonds. The maximum absolute atomic E-state index is 12.2. The van der Waals surface area contributed by atoms with Gasteiger partial charge in [-0.3, -0.25) is 9.69 Å². The minimum atomic E-state index is -0.0626. The zero-order valence-electron chi connectivity index (χ0n) is 19.2. The summed E-state index contributed by atoms with van der Waals surface area (Å²) in [5.41, 5.74) is 6.48. The van der Waals surface area contributed by atoms with Gasteiger partial charge in [-0.05, 0) is 43.4 Å². The smallest absolute Gasteiger partial charge is 0.176 e. The fourth-order valence-electron chi connectivity index (χ4n) is 3.08. The summed E-state index contributed by atoms with van der Waals surface area (Å²) in [5.74, 6) is 0.414. The van der Waals surface area contributed by atoms with Crippen LogP contribution in [0.1, 0.15) is 38.3 Å². The number of carbonyl (C=O) groups excluding carboxylic acids is 1. The van der Waals surface area contributed by atoms with E-state index in [4.69, 9.17) is 0 Å². The summed E-state index contributed by atoms with van der Waals surface area (Å²) in [6.45, 7) is 18.5. The lowest BCUT2D eigenvalue weighted by Crippen LogP contribution is -2.29. The van der Waals surface area contributed by atoms with Crippen LogP contribution >= 0.6 is 0 Å². The summed E-state index contributed by atoms with van der Waals surface area (Å²) in [7, 11) is 1.82. The standard InChI is InChI=1S/C26H34N4O/c1-8-18(2)15-24-11-9-23(10-12-24)13-14-28-20(4)25-16-26(21(5)31)30(22(6)29-25)17-19(3)27-7/h9-12,16-17,27-28H,2,4,6,8,13-15H2,1,3,5,7H3/b19-17+. The van der Waals surface area contributed by atoms with Crippen LogP contribution in [-0.2, 0) is 17.6 Å². The highest BCUT2D eigenvalue weighted by Crippen LogP contribution is 2.22. The third kappa shape index (κ3) is 6.85. The fourth-order valence-corrected chi connectivity index (χ4v) is 3.08. The van der Waals surface area contributed by atoms with Crippen molar-refractivity contribution in [3.8, 4) is 0 Å².